The van der Waals surface area contributed by atoms with Gasteiger partial charge in [0.1, 0.15) is 0 Å². The summed E-state index contributed by atoms with van der Waals surface area (Å²) in [6.07, 6.45) is 6.71. The molecule has 3 amide bonds. The Hall–Kier alpha value is -1.09. The van der Waals surface area contributed by atoms with Gasteiger partial charge in [-0.1, -0.05) is 25.7 Å². The minimum Gasteiger partial charge on any atom is -0.543 e. The van der Waals surface area contributed by atoms with Gasteiger partial charge in [-0.05, 0) is 38.2 Å². The van der Waals surface area contributed by atoms with Crippen LogP contribution >= 0.6 is 0 Å². The molecule has 5 atom stereocenters. The molecule has 8 nitrogen and oxygen atoms in total. The van der Waals surface area contributed by atoms with Gasteiger partial charge in [-0.15, -0.1) is 0 Å². The van der Waals surface area contributed by atoms with E-state index in [1.54, 1.807) is 6.92 Å². The van der Waals surface area contributed by atoms with Crippen LogP contribution < -0.4 is 45.3 Å². The van der Waals surface area contributed by atoms with Crippen molar-refractivity contribution in [1.29, 1.82) is 0 Å². The number of aliphatic carboxylic acids is 1. The van der Waals surface area contributed by atoms with Crippen LogP contribution in [-0.4, -0.2) is 52.1 Å². The van der Waals surface area contributed by atoms with Crippen molar-refractivity contribution < 1.29 is 54.2 Å². The summed E-state index contributed by atoms with van der Waals surface area (Å²) in [7, 11) is 0. The minimum absolute atomic E-state index is 0. The van der Waals surface area contributed by atoms with Crippen molar-refractivity contribution in [3.63, 3.8) is 0 Å². The largest absolute Gasteiger partial charge is 1.00 e. The predicted molar refractivity (Wildman–Crippen MR) is 97.5 cm³/mol. The Morgan fingerprint density at radius 1 is 1.10 bits per heavy atom. The molecule has 1 saturated heterocycles. The van der Waals surface area contributed by atoms with Gasteiger partial charge in [-0.2, -0.15) is 0 Å². The van der Waals surface area contributed by atoms with Crippen LogP contribution in [0.4, 0.5) is 4.79 Å². The SMILES string of the molecule is CC(O)[C@H]1C(=O)N2C(C(=O)[O-])=C3[C@@H](NC(=O)NC4CCCCC4)CCC[C@@H]3[C@H]12.[Na+]. The van der Waals surface area contributed by atoms with E-state index in [9.17, 15) is 24.6 Å². The topological polar surface area (TPSA) is 122 Å². The van der Waals surface area contributed by atoms with Crippen LogP contribution in [0.3, 0.4) is 0 Å². The summed E-state index contributed by atoms with van der Waals surface area (Å²) < 4.78 is 0. The zero-order valence-electron chi connectivity index (χ0n) is 17.1. The first-order valence-electron chi connectivity index (χ1n) is 10.4. The number of amides is 3. The molecule has 2 saturated carbocycles. The molecular weight excluding hydrogens is 385 g/mol. The molecule has 29 heavy (non-hydrogen) atoms. The maximum Gasteiger partial charge on any atom is 1.00 e. The number of β-lactam (4-membered cyclic amide) rings is 1. The summed E-state index contributed by atoms with van der Waals surface area (Å²) in [5.41, 5.74) is 0.492. The Balaban J connectivity index is 0.00000240. The van der Waals surface area contributed by atoms with Gasteiger partial charge < -0.3 is 30.5 Å². The molecule has 3 N–H and O–H groups in total. The van der Waals surface area contributed by atoms with Crippen molar-refractivity contribution >= 4 is 17.9 Å². The van der Waals surface area contributed by atoms with E-state index in [0.29, 0.717) is 12.0 Å². The van der Waals surface area contributed by atoms with Gasteiger partial charge in [-0.3, -0.25) is 4.79 Å². The van der Waals surface area contributed by atoms with Crippen LogP contribution in [0.2, 0.25) is 0 Å². The third-order valence-electron chi connectivity index (χ3n) is 6.86. The van der Waals surface area contributed by atoms with Crippen LogP contribution in [0.15, 0.2) is 11.3 Å². The Morgan fingerprint density at radius 3 is 2.41 bits per heavy atom. The molecule has 0 aromatic carbocycles. The van der Waals surface area contributed by atoms with Crippen molar-refractivity contribution in [1.82, 2.24) is 15.5 Å². The van der Waals surface area contributed by atoms with Crippen molar-refractivity contribution in [3.05, 3.63) is 11.3 Å². The van der Waals surface area contributed by atoms with Gasteiger partial charge >= 0.3 is 35.6 Å². The predicted octanol–water partition coefficient (Wildman–Crippen LogP) is -2.98. The summed E-state index contributed by atoms with van der Waals surface area (Å²) >= 11 is 0. The fraction of sp³-hybridized carbons (Fsp3) is 0.750. The molecule has 0 bridgehead atoms. The van der Waals surface area contributed by atoms with Gasteiger partial charge in [0.05, 0.1) is 35.8 Å². The number of carboxylic acid groups (broad SMARTS) is 1. The van der Waals surface area contributed by atoms with Crippen LogP contribution in [0.1, 0.15) is 58.3 Å². The van der Waals surface area contributed by atoms with Crippen molar-refractivity contribution in [3.8, 4) is 0 Å². The smallest absolute Gasteiger partial charge is 0.543 e. The number of aliphatic hydroxyl groups excluding tert-OH is 1. The molecule has 1 unspecified atom stereocenters. The van der Waals surface area contributed by atoms with E-state index in [1.807, 2.05) is 0 Å². The Labute approximate surface area is 192 Å². The maximum absolute atomic E-state index is 12.5. The molecule has 3 fully saturated rings. The number of urea groups is 1. The van der Waals surface area contributed by atoms with Crippen molar-refractivity contribution in [2.75, 3.05) is 0 Å². The molecule has 154 valence electrons. The summed E-state index contributed by atoms with van der Waals surface area (Å²) in [4.78, 5) is 38.2. The van der Waals surface area contributed by atoms with E-state index in [2.05, 4.69) is 10.6 Å². The van der Waals surface area contributed by atoms with E-state index in [-0.39, 0.29) is 65.2 Å². The van der Waals surface area contributed by atoms with Crippen molar-refractivity contribution in [2.45, 2.75) is 82.5 Å². The second-order valence-electron chi connectivity index (χ2n) is 8.60. The first kappa shape index (κ1) is 22.6. The number of rotatable bonds is 4. The molecule has 9 heteroatoms. The van der Waals surface area contributed by atoms with Crippen molar-refractivity contribution in [2.24, 2.45) is 11.8 Å². The Morgan fingerprint density at radius 2 is 1.79 bits per heavy atom. The number of aliphatic hydroxyl groups is 1. The zero-order valence-corrected chi connectivity index (χ0v) is 19.1. The summed E-state index contributed by atoms with van der Waals surface area (Å²) in [5, 5.41) is 27.8. The number of carbonyl (C=O) groups excluding carboxylic acids is 3. The quantitative estimate of drug-likeness (QED) is 0.335. The monoisotopic (exact) mass is 413 g/mol. The third kappa shape index (κ3) is 3.96. The number of hydrogen-bond donors (Lipinski definition) is 3. The third-order valence-corrected chi connectivity index (χ3v) is 6.86. The second kappa shape index (κ2) is 8.96. The average Bonchev–Trinajstić information content (AvgIpc) is 2.94. The minimum atomic E-state index is -1.39. The molecule has 0 spiro atoms. The zero-order chi connectivity index (χ0) is 20.0. The number of nitrogens with zero attached hydrogens (tertiary/aromatic N) is 1. The molecule has 4 aliphatic rings. The number of hydrogen-bond acceptors (Lipinski definition) is 5. The van der Waals surface area contributed by atoms with Gasteiger partial charge in [-0.25, -0.2) is 4.79 Å². The Bertz CT molecular complexity index is 719. The summed E-state index contributed by atoms with van der Waals surface area (Å²) in [5.74, 6) is -2.50. The first-order valence-corrected chi connectivity index (χ1v) is 10.4. The molecule has 0 radical (unpaired) electrons. The second-order valence-corrected chi connectivity index (χ2v) is 8.60. The average molecular weight is 413 g/mol. The summed E-state index contributed by atoms with van der Waals surface area (Å²) in [6, 6.07) is -0.896. The number of carboxylic acids is 1. The van der Waals surface area contributed by atoms with E-state index < -0.39 is 24.0 Å². The number of nitrogens with one attached hydrogen (secondary N) is 2. The van der Waals surface area contributed by atoms with E-state index in [4.69, 9.17) is 0 Å². The van der Waals surface area contributed by atoms with E-state index in [1.165, 1.54) is 11.3 Å². The fourth-order valence-electron chi connectivity index (χ4n) is 5.66. The number of carbonyl (C=O) groups is 3. The van der Waals surface area contributed by atoms with Crippen LogP contribution in [0, 0.1) is 11.8 Å². The van der Waals surface area contributed by atoms with E-state index >= 15 is 0 Å². The van der Waals surface area contributed by atoms with Gasteiger partial charge in [0.25, 0.3) is 0 Å². The first-order chi connectivity index (χ1) is 13.4. The van der Waals surface area contributed by atoms with E-state index in [0.717, 1.165) is 38.5 Å². The standard InChI is InChI=1S/C20H29N3O5.Na/c1-10(24)14-16-12-8-5-9-13(15(12)17(19(26)27)23(16)18(14)25)22-20(28)21-11-6-3-2-4-7-11;/h10-14,16,24H,2-9H2,1H3,(H,26,27)(H2,21,22,28);/q;+1/p-1/t10?,12-,13-,14+,16+;/m0./s1. The number of fused-ring (bicyclic) bond motifs is 3. The summed E-state index contributed by atoms with van der Waals surface area (Å²) in [6.45, 7) is 1.56. The normalized spacial score (nSPS) is 32.5. The van der Waals surface area contributed by atoms with Crippen LogP contribution in [0.5, 0.6) is 0 Å². The van der Waals surface area contributed by atoms with Gasteiger partial charge in [0.15, 0.2) is 0 Å². The van der Waals surface area contributed by atoms with Crippen LogP contribution in [-0.2, 0) is 9.59 Å². The molecule has 0 aromatic rings. The molecule has 2 aliphatic carbocycles. The molecular formula is C20H28N3NaO5. The molecule has 4 rings (SSSR count). The molecule has 0 aromatic heterocycles. The fourth-order valence-corrected chi connectivity index (χ4v) is 5.66. The maximum atomic E-state index is 12.5. The van der Waals surface area contributed by atoms with Gasteiger partial charge in [0, 0.05) is 12.0 Å². The van der Waals surface area contributed by atoms with Crippen LogP contribution in [0.25, 0.3) is 0 Å². The Kier molecular flexibility index (Phi) is 6.98. The van der Waals surface area contributed by atoms with Gasteiger partial charge in [0.2, 0.25) is 5.91 Å². The molecule has 2 heterocycles. The molecule has 2 aliphatic heterocycles.